The van der Waals surface area contributed by atoms with Crippen LogP contribution in [0.15, 0.2) is 36.4 Å². The van der Waals surface area contributed by atoms with Gasteiger partial charge in [0.15, 0.2) is 0 Å². The van der Waals surface area contributed by atoms with Gasteiger partial charge < -0.3 is 19.9 Å². The first-order chi connectivity index (χ1) is 15.6. The Bertz CT molecular complexity index is 1050. The van der Waals surface area contributed by atoms with Gasteiger partial charge in [-0.05, 0) is 61.6 Å². The molecule has 0 atom stereocenters. The summed E-state index contributed by atoms with van der Waals surface area (Å²) in [6.07, 6.45) is 3.76. The van der Waals surface area contributed by atoms with Crippen molar-refractivity contribution in [1.82, 2.24) is 10.2 Å². The Morgan fingerprint density at radius 1 is 1.06 bits per heavy atom. The number of rotatable bonds is 4. The molecule has 6 nitrogen and oxygen atoms in total. The van der Waals surface area contributed by atoms with Crippen molar-refractivity contribution in [2.24, 2.45) is 0 Å². The average molecular weight is 451 g/mol. The molecule has 0 unspecified atom stereocenters. The lowest BCUT2D eigenvalue weighted by Crippen LogP contribution is -2.43. The van der Waals surface area contributed by atoms with Crippen molar-refractivity contribution in [2.45, 2.75) is 44.4 Å². The van der Waals surface area contributed by atoms with E-state index in [1.807, 2.05) is 6.07 Å². The highest BCUT2D eigenvalue weighted by molar-refractivity contribution is 6.31. The number of piperazine rings is 1. The van der Waals surface area contributed by atoms with Gasteiger partial charge in [0.1, 0.15) is 11.8 Å². The first-order valence-electron chi connectivity index (χ1n) is 11.4. The van der Waals surface area contributed by atoms with E-state index < -0.39 is 0 Å². The van der Waals surface area contributed by atoms with Gasteiger partial charge in [0.2, 0.25) is 0 Å². The summed E-state index contributed by atoms with van der Waals surface area (Å²) in [6, 6.07) is 13.8. The van der Waals surface area contributed by atoms with Crippen molar-refractivity contribution in [3.63, 3.8) is 0 Å². The van der Waals surface area contributed by atoms with E-state index in [4.69, 9.17) is 21.6 Å². The van der Waals surface area contributed by atoms with Gasteiger partial charge >= 0.3 is 0 Å². The van der Waals surface area contributed by atoms with Gasteiger partial charge in [-0.3, -0.25) is 4.79 Å². The van der Waals surface area contributed by atoms with Crippen molar-refractivity contribution in [3.05, 3.63) is 58.1 Å². The van der Waals surface area contributed by atoms with Crippen LogP contribution >= 0.6 is 11.6 Å². The Morgan fingerprint density at radius 3 is 2.56 bits per heavy atom. The Hall–Kier alpha value is -2.75. The Kier molecular flexibility index (Phi) is 5.95. The maximum atomic E-state index is 13.1. The predicted molar refractivity (Wildman–Crippen MR) is 124 cm³/mol. The number of nitriles is 1. The Balaban J connectivity index is 1.19. The third-order valence-electron chi connectivity index (χ3n) is 6.85. The van der Waals surface area contributed by atoms with Crippen LogP contribution in [0.2, 0.25) is 5.02 Å². The largest absolute Gasteiger partial charge is 0.490 e. The van der Waals surface area contributed by atoms with Gasteiger partial charge in [0.05, 0.1) is 16.7 Å². The highest BCUT2D eigenvalue weighted by Gasteiger charge is 2.35. The second-order valence-corrected chi connectivity index (χ2v) is 9.22. The predicted octanol–water partition coefficient (Wildman–Crippen LogP) is 3.97. The van der Waals surface area contributed by atoms with Crippen molar-refractivity contribution < 1.29 is 9.53 Å². The maximum absolute atomic E-state index is 13.1. The molecule has 1 saturated carbocycles. The minimum atomic E-state index is 0.106. The van der Waals surface area contributed by atoms with E-state index in [-0.39, 0.29) is 18.1 Å². The molecule has 2 fully saturated rings. The topological polar surface area (TPSA) is 68.6 Å². The van der Waals surface area contributed by atoms with Crippen LogP contribution < -0.4 is 15.0 Å². The molecule has 1 saturated heterocycles. The Labute approximate surface area is 193 Å². The number of nitrogens with zero attached hydrogens (tertiary/aromatic N) is 3. The van der Waals surface area contributed by atoms with Crippen LogP contribution in [0.4, 0.5) is 5.69 Å². The molecule has 2 aromatic rings. The normalized spacial score (nSPS) is 23.1. The molecule has 1 aliphatic carbocycles. The molecule has 1 amide bonds. The molecule has 5 rings (SSSR count). The molecule has 2 aliphatic heterocycles. The van der Waals surface area contributed by atoms with Crippen LogP contribution in [-0.2, 0) is 6.54 Å². The smallest absolute Gasteiger partial charge is 0.254 e. The second-order valence-electron chi connectivity index (χ2n) is 8.81. The number of nitrogens with one attached hydrogen (secondary N) is 1. The fourth-order valence-electron chi connectivity index (χ4n) is 5.07. The summed E-state index contributed by atoms with van der Waals surface area (Å²) in [4.78, 5) is 17.5. The third-order valence-corrected chi connectivity index (χ3v) is 7.16. The second kappa shape index (κ2) is 9.01. The number of carbonyl (C=O) groups is 1. The highest BCUT2D eigenvalue weighted by atomic mass is 35.5. The van der Waals surface area contributed by atoms with Gasteiger partial charge in [-0.2, -0.15) is 5.26 Å². The molecule has 1 N–H and O–H groups in total. The van der Waals surface area contributed by atoms with Gasteiger partial charge in [-0.25, -0.2) is 0 Å². The molecular weight excluding hydrogens is 424 g/mol. The van der Waals surface area contributed by atoms with Crippen LogP contribution in [0, 0.1) is 11.3 Å². The van der Waals surface area contributed by atoms with Gasteiger partial charge in [0.25, 0.3) is 5.91 Å². The number of hydrogen-bond acceptors (Lipinski definition) is 5. The third kappa shape index (κ3) is 4.15. The lowest BCUT2D eigenvalue weighted by Gasteiger charge is -2.34. The van der Waals surface area contributed by atoms with Crippen LogP contribution in [-0.4, -0.2) is 49.1 Å². The maximum Gasteiger partial charge on any atom is 0.254 e. The summed E-state index contributed by atoms with van der Waals surface area (Å²) in [5, 5.41) is 12.8. The standard InChI is InChI=1S/C25H27ClN4O2/c26-24-14-22(5-1-17(24)15-27)32-21-6-2-19(3-7-21)30-16-18-13-20(4-8-23(18)25(30)31)29-11-9-28-10-12-29/h1,4-5,8,13-14,19,21,28H,2-3,6-7,9-12,16H2. The van der Waals surface area contributed by atoms with Gasteiger partial charge in [-0.15, -0.1) is 0 Å². The van der Waals surface area contributed by atoms with Crippen molar-refractivity contribution in [3.8, 4) is 11.8 Å². The molecule has 0 aromatic heterocycles. The van der Waals surface area contributed by atoms with E-state index in [2.05, 4.69) is 33.3 Å². The van der Waals surface area contributed by atoms with E-state index in [0.717, 1.165) is 63.0 Å². The fraction of sp³-hybridized carbons (Fsp3) is 0.440. The average Bonchev–Trinajstić information content (AvgIpc) is 3.16. The van der Waals surface area contributed by atoms with E-state index >= 15 is 0 Å². The van der Waals surface area contributed by atoms with Crippen molar-refractivity contribution in [2.75, 3.05) is 31.1 Å². The number of fused-ring (bicyclic) bond motifs is 1. The van der Waals surface area contributed by atoms with Crippen molar-refractivity contribution >= 4 is 23.2 Å². The molecule has 2 aromatic carbocycles. The molecule has 0 bridgehead atoms. The zero-order valence-corrected chi connectivity index (χ0v) is 18.8. The van der Waals surface area contributed by atoms with E-state index in [0.29, 0.717) is 22.9 Å². The lowest BCUT2D eigenvalue weighted by molar-refractivity contribution is 0.0561. The fourth-order valence-corrected chi connectivity index (χ4v) is 5.28. The number of halogens is 1. The highest BCUT2D eigenvalue weighted by Crippen LogP contribution is 2.34. The number of anilines is 1. The summed E-state index contributed by atoms with van der Waals surface area (Å²) in [5.41, 5.74) is 3.68. The summed E-state index contributed by atoms with van der Waals surface area (Å²) in [6.45, 7) is 4.72. The van der Waals surface area contributed by atoms with Gasteiger partial charge in [0, 0.05) is 56.1 Å². The minimum Gasteiger partial charge on any atom is -0.490 e. The summed E-state index contributed by atoms with van der Waals surface area (Å²) < 4.78 is 6.11. The SMILES string of the molecule is N#Cc1ccc(OC2CCC(N3Cc4cc(N5CCNCC5)ccc4C3=O)CC2)cc1Cl. The summed E-state index contributed by atoms with van der Waals surface area (Å²) >= 11 is 6.12. The van der Waals surface area contributed by atoms with E-state index in [1.54, 1.807) is 18.2 Å². The summed E-state index contributed by atoms with van der Waals surface area (Å²) in [7, 11) is 0. The van der Waals surface area contributed by atoms with Crippen LogP contribution in [0.25, 0.3) is 0 Å². The first-order valence-corrected chi connectivity index (χ1v) is 11.8. The number of ether oxygens (including phenoxy) is 1. The molecule has 3 aliphatic rings. The zero-order valence-electron chi connectivity index (χ0n) is 18.0. The van der Waals surface area contributed by atoms with Crippen molar-refractivity contribution in [1.29, 1.82) is 5.26 Å². The van der Waals surface area contributed by atoms with Crippen LogP contribution in [0.1, 0.15) is 47.2 Å². The lowest BCUT2D eigenvalue weighted by atomic mass is 9.92. The monoisotopic (exact) mass is 450 g/mol. The van der Waals surface area contributed by atoms with Crippen LogP contribution in [0.3, 0.4) is 0 Å². The van der Waals surface area contributed by atoms with E-state index in [9.17, 15) is 4.79 Å². The zero-order chi connectivity index (χ0) is 22.1. The number of hydrogen-bond donors (Lipinski definition) is 1. The van der Waals surface area contributed by atoms with Crippen LogP contribution in [0.5, 0.6) is 5.75 Å². The molecule has 32 heavy (non-hydrogen) atoms. The summed E-state index contributed by atoms with van der Waals surface area (Å²) in [5.74, 6) is 0.859. The number of amides is 1. The number of carbonyl (C=O) groups excluding carboxylic acids is 1. The quantitative estimate of drug-likeness (QED) is 0.763. The van der Waals surface area contributed by atoms with E-state index in [1.165, 1.54) is 5.69 Å². The molecule has 0 radical (unpaired) electrons. The molecular formula is C25H27ClN4O2. The first kappa shape index (κ1) is 21.1. The molecule has 166 valence electrons. The Morgan fingerprint density at radius 2 is 1.84 bits per heavy atom. The van der Waals surface area contributed by atoms with Gasteiger partial charge in [-0.1, -0.05) is 11.6 Å². The molecule has 7 heteroatoms. The number of benzene rings is 2. The molecule has 0 spiro atoms. The molecule has 2 heterocycles. The minimum absolute atomic E-state index is 0.106.